The molecule has 0 radical (unpaired) electrons. The largest absolute Gasteiger partial charge is 0.354 e. The van der Waals surface area contributed by atoms with E-state index in [1.165, 1.54) is 54.8 Å². The molecular weight excluding hydrogens is 388 g/mol. The van der Waals surface area contributed by atoms with E-state index in [1.807, 2.05) is 0 Å². The van der Waals surface area contributed by atoms with Gasteiger partial charge in [-0.25, -0.2) is 0 Å². The first-order chi connectivity index (χ1) is 15.9. The van der Waals surface area contributed by atoms with E-state index in [0.29, 0.717) is 0 Å². The van der Waals surface area contributed by atoms with Crippen molar-refractivity contribution in [1.82, 2.24) is 9.97 Å². The summed E-state index contributed by atoms with van der Waals surface area (Å²) in [6, 6.07) is 38.8. The van der Waals surface area contributed by atoms with Crippen molar-refractivity contribution in [2.75, 3.05) is 0 Å². The second-order valence-corrected chi connectivity index (χ2v) is 8.32. The van der Waals surface area contributed by atoms with Crippen molar-refractivity contribution >= 4 is 43.6 Å². The van der Waals surface area contributed by atoms with E-state index < -0.39 is 0 Å². The van der Waals surface area contributed by atoms with Crippen LogP contribution in [0.5, 0.6) is 0 Å². The number of nitrogens with one attached hydrogen (secondary N) is 2. The van der Waals surface area contributed by atoms with Gasteiger partial charge in [0.2, 0.25) is 0 Å². The Hall–Kier alpha value is -4.30. The van der Waals surface area contributed by atoms with Crippen LogP contribution >= 0.6 is 0 Å². The zero-order valence-electron chi connectivity index (χ0n) is 17.4. The lowest BCUT2D eigenvalue weighted by Crippen LogP contribution is -1.90. The minimum Gasteiger partial charge on any atom is -0.354 e. The molecule has 2 aromatic heterocycles. The fourth-order valence-corrected chi connectivity index (χ4v) is 5.22. The molecule has 0 bridgehead atoms. The van der Waals surface area contributed by atoms with Gasteiger partial charge in [0.15, 0.2) is 0 Å². The molecule has 0 aliphatic carbocycles. The van der Waals surface area contributed by atoms with Crippen LogP contribution in [0.2, 0.25) is 0 Å². The van der Waals surface area contributed by atoms with Crippen LogP contribution in [0.3, 0.4) is 0 Å². The molecule has 0 atom stereocenters. The molecule has 0 aliphatic heterocycles. The second-order valence-electron chi connectivity index (χ2n) is 8.32. The molecule has 2 nitrogen and oxygen atoms in total. The summed E-state index contributed by atoms with van der Waals surface area (Å²) in [5, 5.41) is 5.04. The smallest absolute Gasteiger partial charge is 0.0573 e. The molecular formula is C30H20N2. The summed E-state index contributed by atoms with van der Waals surface area (Å²) in [4.78, 5) is 7.54. The molecule has 2 heteroatoms. The van der Waals surface area contributed by atoms with Gasteiger partial charge in [-0.3, -0.25) is 0 Å². The normalized spacial score (nSPS) is 11.8. The Morgan fingerprint density at radius 2 is 0.844 bits per heavy atom. The Morgan fingerprint density at radius 3 is 1.47 bits per heavy atom. The van der Waals surface area contributed by atoms with Crippen LogP contribution < -0.4 is 0 Å². The SMILES string of the molecule is c1ccc(-c2c(-c3ccccc3)c3c4ccccc4[nH]c3c3c2[nH]c2ccccc23)cc1. The van der Waals surface area contributed by atoms with Gasteiger partial charge in [-0.15, -0.1) is 0 Å². The predicted molar refractivity (Wildman–Crippen MR) is 136 cm³/mol. The van der Waals surface area contributed by atoms with Crippen LogP contribution in [0, 0.1) is 0 Å². The monoisotopic (exact) mass is 408 g/mol. The molecule has 0 amide bonds. The van der Waals surface area contributed by atoms with Gasteiger partial charge in [-0.2, -0.15) is 0 Å². The molecule has 0 fully saturated rings. The summed E-state index contributed by atoms with van der Waals surface area (Å²) in [5.74, 6) is 0. The summed E-state index contributed by atoms with van der Waals surface area (Å²) in [7, 11) is 0. The van der Waals surface area contributed by atoms with Crippen molar-refractivity contribution in [3.8, 4) is 22.3 Å². The molecule has 7 rings (SSSR count). The highest BCUT2D eigenvalue weighted by Gasteiger charge is 2.23. The highest BCUT2D eigenvalue weighted by atomic mass is 14.8. The third-order valence-electron chi connectivity index (χ3n) is 6.54. The molecule has 0 unspecified atom stereocenters. The summed E-state index contributed by atoms with van der Waals surface area (Å²) in [6.07, 6.45) is 0. The van der Waals surface area contributed by atoms with Gasteiger partial charge in [-0.05, 0) is 23.3 Å². The molecule has 7 aromatic rings. The van der Waals surface area contributed by atoms with E-state index in [9.17, 15) is 0 Å². The number of rotatable bonds is 2. The Balaban J connectivity index is 1.84. The van der Waals surface area contributed by atoms with Crippen LogP contribution in [-0.2, 0) is 0 Å². The first-order valence-corrected chi connectivity index (χ1v) is 11.0. The fraction of sp³-hybridized carbons (Fsp3) is 0. The standard InChI is InChI=1S/C30H20N2/c1-3-11-19(12-4-1)25-26(20-13-5-2-6-14-20)29-28(22-16-8-10-18-24(22)31-29)30-27(25)21-15-7-9-17-23(21)32-30/h1-18,31-32H. The van der Waals surface area contributed by atoms with E-state index in [1.54, 1.807) is 0 Å². The Bertz CT molecular complexity index is 1750. The molecule has 0 saturated carbocycles. The molecule has 2 N–H and O–H groups in total. The first-order valence-electron chi connectivity index (χ1n) is 11.0. The van der Waals surface area contributed by atoms with Gasteiger partial charge in [0, 0.05) is 43.7 Å². The van der Waals surface area contributed by atoms with E-state index in [-0.39, 0.29) is 0 Å². The van der Waals surface area contributed by atoms with Crippen molar-refractivity contribution in [2.45, 2.75) is 0 Å². The van der Waals surface area contributed by atoms with Gasteiger partial charge >= 0.3 is 0 Å². The van der Waals surface area contributed by atoms with Crippen molar-refractivity contribution in [2.24, 2.45) is 0 Å². The van der Waals surface area contributed by atoms with E-state index in [2.05, 4.69) is 119 Å². The van der Waals surface area contributed by atoms with E-state index in [4.69, 9.17) is 0 Å². The Kier molecular flexibility index (Phi) is 3.58. The predicted octanol–water partition coefficient (Wildman–Crippen LogP) is 8.29. The maximum atomic E-state index is 3.77. The van der Waals surface area contributed by atoms with Crippen LogP contribution in [0.4, 0.5) is 0 Å². The number of benzene rings is 5. The lowest BCUT2D eigenvalue weighted by Gasteiger charge is -2.15. The molecule has 0 spiro atoms. The van der Waals surface area contributed by atoms with Gasteiger partial charge in [0.1, 0.15) is 0 Å². The first kappa shape index (κ1) is 17.4. The topological polar surface area (TPSA) is 31.6 Å². The molecule has 2 heterocycles. The van der Waals surface area contributed by atoms with Gasteiger partial charge in [0.25, 0.3) is 0 Å². The maximum absolute atomic E-state index is 3.77. The zero-order chi connectivity index (χ0) is 21.1. The fourth-order valence-electron chi connectivity index (χ4n) is 5.22. The molecule has 5 aromatic carbocycles. The number of hydrogen-bond donors (Lipinski definition) is 2. The number of fused-ring (bicyclic) bond motifs is 7. The van der Waals surface area contributed by atoms with Crippen LogP contribution in [-0.4, -0.2) is 9.97 Å². The number of aromatic amines is 2. The summed E-state index contributed by atoms with van der Waals surface area (Å²) in [6.45, 7) is 0. The Labute approximate surface area is 185 Å². The quantitative estimate of drug-likeness (QED) is 0.288. The number of aromatic nitrogens is 2. The summed E-state index contributed by atoms with van der Waals surface area (Å²) in [5.41, 5.74) is 9.65. The Morgan fingerprint density at radius 1 is 0.375 bits per heavy atom. The van der Waals surface area contributed by atoms with Crippen molar-refractivity contribution in [3.63, 3.8) is 0 Å². The highest BCUT2D eigenvalue weighted by molar-refractivity contribution is 6.32. The molecule has 0 aliphatic rings. The van der Waals surface area contributed by atoms with Crippen molar-refractivity contribution in [1.29, 1.82) is 0 Å². The third-order valence-corrected chi connectivity index (χ3v) is 6.54. The van der Waals surface area contributed by atoms with Crippen molar-refractivity contribution in [3.05, 3.63) is 109 Å². The summed E-state index contributed by atoms with van der Waals surface area (Å²) < 4.78 is 0. The van der Waals surface area contributed by atoms with Crippen molar-refractivity contribution < 1.29 is 0 Å². The summed E-state index contributed by atoms with van der Waals surface area (Å²) >= 11 is 0. The number of H-pyrrole nitrogens is 2. The van der Waals surface area contributed by atoms with Gasteiger partial charge in [-0.1, -0.05) is 97.1 Å². The number of hydrogen-bond acceptors (Lipinski definition) is 0. The van der Waals surface area contributed by atoms with Crippen LogP contribution in [0.15, 0.2) is 109 Å². The van der Waals surface area contributed by atoms with Gasteiger partial charge < -0.3 is 9.97 Å². The molecule has 0 saturated heterocycles. The van der Waals surface area contributed by atoms with Crippen LogP contribution in [0.25, 0.3) is 65.9 Å². The highest BCUT2D eigenvalue weighted by Crippen LogP contribution is 2.48. The van der Waals surface area contributed by atoms with E-state index in [0.717, 1.165) is 11.0 Å². The van der Waals surface area contributed by atoms with Crippen LogP contribution in [0.1, 0.15) is 0 Å². The molecule has 150 valence electrons. The van der Waals surface area contributed by atoms with E-state index >= 15 is 0 Å². The minimum atomic E-state index is 1.16. The maximum Gasteiger partial charge on any atom is 0.0573 e. The average Bonchev–Trinajstić information content (AvgIpc) is 3.43. The second kappa shape index (κ2) is 6.60. The zero-order valence-corrected chi connectivity index (χ0v) is 17.4. The third kappa shape index (κ3) is 2.35. The minimum absolute atomic E-state index is 1.16. The molecule has 32 heavy (non-hydrogen) atoms. The lowest BCUT2D eigenvalue weighted by atomic mass is 9.88. The van der Waals surface area contributed by atoms with Gasteiger partial charge in [0.05, 0.1) is 11.0 Å². The number of para-hydroxylation sites is 2. The lowest BCUT2D eigenvalue weighted by molar-refractivity contribution is 1.53. The average molecular weight is 409 g/mol.